The maximum Gasteiger partial charge on any atom is 0.458 e. The number of nitro benzene ring substituents is 1. The summed E-state index contributed by atoms with van der Waals surface area (Å²) in [4.78, 5) is 8.68. The van der Waals surface area contributed by atoms with Crippen molar-refractivity contribution in [1.29, 1.82) is 0 Å². The maximum atomic E-state index is 13.0. The molecule has 1 aromatic rings. The summed E-state index contributed by atoms with van der Waals surface area (Å²) in [5.74, 6) is -5.64. The topological polar surface area (TPSA) is 43.1 Å². The molecule has 20 heavy (non-hydrogen) atoms. The summed E-state index contributed by atoms with van der Waals surface area (Å²) in [7, 11) is 0. The molecule has 1 aromatic carbocycles. The van der Waals surface area contributed by atoms with Crippen molar-refractivity contribution < 1.29 is 40.0 Å². The van der Waals surface area contributed by atoms with Crippen LogP contribution in [0.15, 0.2) is 18.2 Å². The van der Waals surface area contributed by atoms with E-state index in [-0.39, 0.29) is 18.2 Å². The van der Waals surface area contributed by atoms with E-state index in [2.05, 4.69) is 0 Å². The molecule has 0 aromatic heterocycles. The Kier molecular flexibility index (Phi) is 3.68. The highest BCUT2D eigenvalue weighted by molar-refractivity contribution is 5.47. The van der Waals surface area contributed by atoms with Gasteiger partial charge in [-0.3, -0.25) is 10.1 Å². The summed E-state index contributed by atoms with van der Waals surface area (Å²) in [6.45, 7) is 0. The van der Waals surface area contributed by atoms with Crippen LogP contribution in [-0.4, -0.2) is 11.1 Å². The lowest BCUT2D eigenvalue weighted by atomic mass is 10.0. The van der Waals surface area contributed by atoms with Crippen LogP contribution in [0, 0.1) is 10.1 Å². The molecule has 0 aliphatic carbocycles. The fourth-order valence-corrected chi connectivity index (χ4v) is 1.28. The van der Waals surface area contributed by atoms with Crippen molar-refractivity contribution in [2.75, 3.05) is 0 Å². The van der Waals surface area contributed by atoms with Gasteiger partial charge < -0.3 is 0 Å². The second-order valence-electron chi connectivity index (χ2n) is 3.56. The predicted octanol–water partition coefficient (Wildman–Crippen LogP) is 4.27. The molecule has 112 valence electrons. The van der Waals surface area contributed by atoms with E-state index in [9.17, 15) is 45.2 Å². The molecule has 3 nitrogen and oxygen atoms in total. The second kappa shape index (κ2) is 4.56. The zero-order valence-electron chi connectivity index (χ0n) is 9.02. The minimum Gasteiger partial charge on any atom is -0.258 e. The van der Waals surface area contributed by atoms with Crippen LogP contribution in [0.1, 0.15) is 11.1 Å². The van der Waals surface area contributed by atoms with Gasteiger partial charge in [0.1, 0.15) is 5.56 Å². The molecule has 1 rings (SSSR count). The zero-order valence-corrected chi connectivity index (χ0v) is 9.02. The smallest absolute Gasteiger partial charge is 0.258 e. The molecule has 0 radical (unpaired) electrons. The highest BCUT2D eigenvalue weighted by atomic mass is 19.4. The number of benzene rings is 1. The highest BCUT2D eigenvalue weighted by Crippen LogP contribution is 2.47. The standard InChI is InChI=1S/C9H3F8NO2/c10-7(11,9(15,16)17)5-2-1-4(8(12,13)14)3-6(5)18(19)20/h1-3H. The Bertz CT molecular complexity index is 534. The zero-order chi connectivity index (χ0) is 15.9. The van der Waals surface area contributed by atoms with Gasteiger partial charge in [0.25, 0.3) is 5.69 Å². The molecule has 0 saturated heterocycles. The van der Waals surface area contributed by atoms with Gasteiger partial charge in [0.05, 0.1) is 10.5 Å². The van der Waals surface area contributed by atoms with Crippen molar-refractivity contribution in [2.45, 2.75) is 18.3 Å². The number of rotatable bonds is 2. The third-order valence-corrected chi connectivity index (χ3v) is 2.22. The fourth-order valence-electron chi connectivity index (χ4n) is 1.28. The van der Waals surface area contributed by atoms with Gasteiger partial charge in [-0.2, -0.15) is 35.1 Å². The summed E-state index contributed by atoms with van der Waals surface area (Å²) < 4.78 is 99.1. The van der Waals surface area contributed by atoms with E-state index in [0.29, 0.717) is 0 Å². The lowest BCUT2D eigenvalue weighted by Gasteiger charge is -2.20. The molecule has 0 N–H and O–H groups in total. The maximum absolute atomic E-state index is 13.0. The number of nitro groups is 1. The summed E-state index contributed by atoms with van der Waals surface area (Å²) in [5.41, 5.74) is -5.81. The van der Waals surface area contributed by atoms with E-state index in [4.69, 9.17) is 0 Å². The molecule has 0 atom stereocenters. The van der Waals surface area contributed by atoms with Crippen LogP contribution in [-0.2, 0) is 12.1 Å². The predicted molar refractivity (Wildman–Crippen MR) is 48.0 cm³/mol. The molecule has 0 amide bonds. The Morgan fingerprint density at radius 2 is 1.45 bits per heavy atom. The molecule has 0 aliphatic rings. The van der Waals surface area contributed by atoms with Gasteiger partial charge in [-0.25, -0.2) is 0 Å². The van der Waals surface area contributed by atoms with Crippen LogP contribution in [0.5, 0.6) is 0 Å². The first-order valence-electron chi connectivity index (χ1n) is 4.59. The van der Waals surface area contributed by atoms with Crippen molar-refractivity contribution in [2.24, 2.45) is 0 Å². The number of hydrogen-bond donors (Lipinski definition) is 0. The van der Waals surface area contributed by atoms with Crippen molar-refractivity contribution in [3.05, 3.63) is 39.4 Å². The second-order valence-corrected chi connectivity index (χ2v) is 3.56. The molecule has 0 bridgehead atoms. The lowest BCUT2D eigenvalue weighted by Crippen LogP contribution is -2.34. The van der Waals surface area contributed by atoms with E-state index >= 15 is 0 Å². The minimum absolute atomic E-state index is 0.0814. The number of hydrogen-bond acceptors (Lipinski definition) is 2. The lowest BCUT2D eigenvalue weighted by molar-refractivity contribution is -0.390. The molecular weight excluding hydrogens is 306 g/mol. The first-order chi connectivity index (χ1) is 8.78. The van der Waals surface area contributed by atoms with Crippen LogP contribution < -0.4 is 0 Å². The fraction of sp³-hybridized carbons (Fsp3) is 0.333. The van der Waals surface area contributed by atoms with E-state index in [0.717, 1.165) is 0 Å². The summed E-state index contributed by atoms with van der Waals surface area (Å²) >= 11 is 0. The molecule has 0 saturated carbocycles. The minimum atomic E-state index is -6.17. The molecule has 11 heteroatoms. The Labute approximate surface area is 105 Å². The van der Waals surface area contributed by atoms with Crippen LogP contribution in [0.3, 0.4) is 0 Å². The first-order valence-corrected chi connectivity index (χ1v) is 4.59. The molecular formula is C9H3F8NO2. The van der Waals surface area contributed by atoms with Gasteiger partial charge in [0.15, 0.2) is 0 Å². The van der Waals surface area contributed by atoms with Crippen LogP contribution in [0.2, 0.25) is 0 Å². The number of nitrogens with zero attached hydrogens (tertiary/aromatic N) is 1. The average Bonchev–Trinajstić information content (AvgIpc) is 2.25. The average molecular weight is 309 g/mol. The van der Waals surface area contributed by atoms with E-state index in [1.165, 1.54) is 0 Å². The van der Waals surface area contributed by atoms with Crippen LogP contribution in [0.4, 0.5) is 40.8 Å². The summed E-state index contributed by atoms with van der Waals surface area (Å²) in [6.07, 6.45) is -11.3. The Morgan fingerprint density at radius 3 is 1.80 bits per heavy atom. The van der Waals surface area contributed by atoms with Crippen molar-refractivity contribution in [1.82, 2.24) is 0 Å². The van der Waals surface area contributed by atoms with Crippen LogP contribution >= 0.6 is 0 Å². The van der Waals surface area contributed by atoms with Gasteiger partial charge in [-0.1, -0.05) is 0 Å². The van der Waals surface area contributed by atoms with Crippen molar-refractivity contribution in [3.63, 3.8) is 0 Å². The Balaban J connectivity index is 3.55. The highest BCUT2D eigenvalue weighted by Gasteiger charge is 2.61. The van der Waals surface area contributed by atoms with E-state index < -0.39 is 40.0 Å². The number of alkyl halides is 8. The Morgan fingerprint density at radius 1 is 0.950 bits per heavy atom. The van der Waals surface area contributed by atoms with Gasteiger partial charge in [0.2, 0.25) is 0 Å². The summed E-state index contributed by atoms with van der Waals surface area (Å²) in [5, 5.41) is 10.4. The summed E-state index contributed by atoms with van der Waals surface area (Å²) in [6, 6.07) is -0.703. The van der Waals surface area contributed by atoms with Crippen molar-refractivity contribution in [3.8, 4) is 0 Å². The molecule has 0 spiro atoms. The molecule has 0 unspecified atom stereocenters. The third-order valence-electron chi connectivity index (χ3n) is 2.22. The molecule has 0 fully saturated rings. The quantitative estimate of drug-likeness (QED) is 0.465. The van der Waals surface area contributed by atoms with Crippen LogP contribution in [0.25, 0.3) is 0 Å². The van der Waals surface area contributed by atoms with E-state index in [1.54, 1.807) is 0 Å². The monoisotopic (exact) mass is 309 g/mol. The normalized spacial score (nSPS) is 13.4. The van der Waals surface area contributed by atoms with Gasteiger partial charge >= 0.3 is 18.3 Å². The molecule has 0 aliphatic heterocycles. The first kappa shape index (κ1) is 16.1. The molecule has 0 heterocycles. The number of halogens is 8. The van der Waals surface area contributed by atoms with Gasteiger partial charge in [-0.15, -0.1) is 0 Å². The van der Waals surface area contributed by atoms with Gasteiger partial charge in [0, 0.05) is 6.07 Å². The van der Waals surface area contributed by atoms with E-state index in [1.807, 2.05) is 0 Å². The van der Waals surface area contributed by atoms with Crippen molar-refractivity contribution >= 4 is 5.69 Å². The largest absolute Gasteiger partial charge is 0.458 e. The van der Waals surface area contributed by atoms with Gasteiger partial charge in [-0.05, 0) is 12.1 Å². The Hall–Kier alpha value is -1.94. The third kappa shape index (κ3) is 2.80. The SMILES string of the molecule is O=[N+]([O-])c1cc(C(F)(F)F)ccc1C(F)(F)C(F)(F)F.